The van der Waals surface area contributed by atoms with Crippen LogP contribution in [0.4, 0.5) is 0 Å². The third kappa shape index (κ3) is 3.28. The van der Waals surface area contributed by atoms with Crippen molar-refractivity contribution in [3.8, 4) is 0 Å². The van der Waals surface area contributed by atoms with Crippen molar-refractivity contribution in [2.45, 2.75) is 38.3 Å². The van der Waals surface area contributed by atoms with Crippen LogP contribution in [0, 0.1) is 5.92 Å². The zero-order valence-corrected chi connectivity index (χ0v) is 11.4. The van der Waals surface area contributed by atoms with Crippen molar-refractivity contribution >= 4 is 21.4 Å². The minimum Gasteiger partial charge on any atom is -0.326 e. The smallest absolute Gasteiger partial charge is 0.241 e. The number of nitrogens with one attached hydrogen (secondary N) is 1. The van der Waals surface area contributed by atoms with Crippen molar-refractivity contribution in [1.29, 1.82) is 0 Å². The second-order valence-electron chi connectivity index (χ2n) is 4.11. The summed E-state index contributed by atoms with van der Waals surface area (Å²) in [7, 11) is -3.39. The Morgan fingerprint density at radius 2 is 2.06 bits per heavy atom. The molecule has 1 aromatic rings. The number of hydrogen-bond donors (Lipinski definition) is 2. The minimum absolute atomic E-state index is 0.0776. The molecule has 6 heteroatoms. The van der Waals surface area contributed by atoms with Crippen LogP contribution in [0.2, 0.25) is 0 Å². The molecule has 1 unspecified atom stereocenters. The van der Waals surface area contributed by atoms with Crippen LogP contribution < -0.4 is 10.5 Å². The molecule has 0 spiro atoms. The number of thiophene rings is 1. The minimum atomic E-state index is -3.39. The van der Waals surface area contributed by atoms with Crippen LogP contribution in [0.5, 0.6) is 0 Å². The van der Waals surface area contributed by atoms with E-state index in [0.717, 1.165) is 4.88 Å². The van der Waals surface area contributed by atoms with E-state index < -0.39 is 10.0 Å². The molecule has 0 saturated carbocycles. The monoisotopic (exact) mass is 262 g/mol. The summed E-state index contributed by atoms with van der Waals surface area (Å²) >= 11 is 1.37. The quantitative estimate of drug-likeness (QED) is 0.845. The molecule has 0 aliphatic heterocycles. The van der Waals surface area contributed by atoms with Crippen molar-refractivity contribution in [3.63, 3.8) is 0 Å². The van der Waals surface area contributed by atoms with Gasteiger partial charge < -0.3 is 5.73 Å². The van der Waals surface area contributed by atoms with Gasteiger partial charge in [0.2, 0.25) is 10.0 Å². The van der Waals surface area contributed by atoms with Crippen molar-refractivity contribution in [3.05, 3.63) is 16.3 Å². The molecule has 0 saturated heterocycles. The molecule has 0 fully saturated rings. The molecule has 1 heterocycles. The molecule has 0 aliphatic rings. The van der Waals surface area contributed by atoms with Gasteiger partial charge in [0.15, 0.2) is 0 Å². The van der Waals surface area contributed by atoms with Gasteiger partial charge in [-0.15, -0.1) is 11.3 Å². The highest BCUT2D eigenvalue weighted by molar-refractivity contribution is 7.89. The molecule has 3 N–H and O–H groups in total. The van der Waals surface area contributed by atoms with Gasteiger partial charge in [0, 0.05) is 22.8 Å². The van der Waals surface area contributed by atoms with E-state index >= 15 is 0 Å². The molecule has 1 atom stereocenters. The van der Waals surface area contributed by atoms with Crippen LogP contribution in [0.1, 0.15) is 25.6 Å². The van der Waals surface area contributed by atoms with Crippen LogP contribution in [-0.4, -0.2) is 14.5 Å². The number of sulfonamides is 1. The first kappa shape index (κ1) is 13.6. The molecular formula is C10H18N2O2S2. The summed E-state index contributed by atoms with van der Waals surface area (Å²) < 4.78 is 26.5. The Kier molecular flexibility index (Phi) is 4.49. The van der Waals surface area contributed by atoms with E-state index in [1.54, 1.807) is 11.4 Å². The molecule has 0 radical (unpaired) electrons. The highest BCUT2D eigenvalue weighted by Crippen LogP contribution is 2.19. The van der Waals surface area contributed by atoms with Gasteiger partial charge >= 0.3 is 0 Å². The van der Waals surface area contributed by atoms with E-state index in [2.05, 4.69) is 4.72 Å². The Morgan fingerprint density at radius 3 is 2.50 bits per heavy atom. The maximum atomic E-state index is 11.9. The van der Waals surface area contributed by atoms with Crippen molar-refractivity contribution in [1.82, 2.24) is 4.72 Å². The largest absolute Gasteiger partial charge is 0.326 e. The maximum absolute atomic E-state index is 11.9. The van der Waals surface area contributed by atoms with Gasteiger partial charge in [-0.25, -0.2) is 13.1 Å². The standard InChI is InChI=1S/C10H18N2O2S2/c1-7(2)8(3)12-16(13,14)10-4-9(5-11)15-6-10/h4,6-8,12H,5,11H2,1-3H3. The lowest BCUT2D eigenvalue weighted by atomic mass is 10.1. The van der Waals surface area contributed by atoms with Gasteiger partial charge in [0.1, 0.15) is 0 Å². The van der Waals surface area contributed by atoms with Gasteiger partial charge in [0.05, 0.1) is 4.90 Å². The second-order valence-corrected chi connectivity index (χ2v) is 6.82. The lowest BCUT2D eigenvalue weighted by molar-refractivity contribution is 0.476. The fraction of sp³-hybridized carbons (Fsp3) is 0.600. The van der Waals surface area contributed by atoms with Gasteiger partial charge in [-0.1, -0.05) is 13.8 Å². The van der Waals surface area contributed by atoms with E-state index in [-0.39, 0.29) is 12.0 Å². The SMILES string of the molecule is CC(C)C(C)NS(=O)(=O)c1csc(CN)c1. The molecule has 1 aromatic heterocycles. The Morgan fingerprint density at radius 1 is 1.44 bits per heavy atom. The Bertz CT molecular complexity index is 437. The van der Waals surface area contributed by atoms with Gasteiger partial charge in [-0.05, 0) is 18.9 Å². The molecule has 1 rings (SSSR count). The van der Waals surface area contributed by atoms with E-state index in [0.29, 0.717) is 11.4 Å². The lowest BCUT2D eigenvalue weighted by Gasteiger charge is -2.16. The van der Waals surface area contributed by atoms with Crippen LogP contribution >= 0.6 is 11.3 Å². The summed E-state index contributed by atoms with van der Waals surface area (Å²) in [5, 5.41) is 1.62. The summed E-state index contributed by atoms with van der Waals surface area (Å²) in [6, 6.07) is 1.55. The number of nitrogens with two attached hydrogens (primary N) is 1. The average Bonchev–Trinajstić information content (AvgIpc) is 2.65. The summed E-state index contributed by atoms with van der Waals surface area (Å²) in [6.07, 6.45) is 0. The fourth-order valence-electron chi connectivity index (χ4n) is 1.06. The molecule has 92 valence electrons. The first-order chi connectivity index (χ1) is 7.36. The Labute approximate surface area is 101 Å². The van der Waals surface area contributed by atoms with Crippen LogP contribution in [0.3, 0.4) is 0 Å². The third-order valence-electron chi connectivity index (χ3n) is 2.48. The first-order valence-electron chi connectivity index (χ1n) is 5.16. The summed E-state index contributed by atoms with van der Waals surface area (Å²) in [5.41, 5.74) is 5.45. The molecule has 0 aromatic carbocycles. The predicted molar refractivity (Wildman–Crippen MR) is 66.8 cm³/mol. The van der Waals surface area contributed by atoms with E-state index in [1.165, 1.54) is 11.3 Å². The summed E-state index contributed by atoms with van der Waals surface area (Å²) in [6.45, 7) is 6.19. The van der Waals surface area contributed by atoms with Gasteiger partial charge in [-0.2, -0.15) is 0 Å². The molecule has 0 aliphatic carbocycles. The topological polar surface area (TPSA) is 72.2 Å². The molecule has 16 heavy (non-hydrogen) atoms. The third-order valence-corrected chi connectivity index (χ3v) is 5.13. The van der Waals surface area contributed by atoms with Crippen molar-refractivity contribution in [2.75, 3.05) is 0 Å². The maximum Gasteiger partial charge on any atom is 0.241 e. The molecular weight excluding hydrogens is 244 g/mol. The summed E-state index contributed by atoms with van der Waals surface area (Å²) in [4.78, 5) is 1.18. The number of rotatable bonds is 5. The van der Waals surface area contributed by atoms with Gasteiger partial charge in [0.25, 0.3) is 0 Å². The van der Waals surface area contributed by atoms with Crippen LogP contribution in [-0.2, 0) is 16.6 Å². The van der Waals surface area contributed by atoms with E-state index in [1.807, 2.05) is 20.8 Å². The number of hydrogen-bond acceptors (Lipinski definition) is 4. The van der Waals surface area contributed by atoms with E-state index in [4.69, 9.17) is 5.73 Å². The molecule has 0 bridgehead atoms. The van der Waals surface area contributed by atoms with Crippen LogP contribution in [0.25, 0.3) is 0 Å². The zero-order chi connectivity index (χ0) is 12.3. The normalized spacial score (nSPS) is 14.3. The highest BCUT2D eigenvalue weighted by atomic mass is 32.2. The molecule has 4 nitrogen and oxygen atoms in total. The summed E-state index contributed by atoms with van der Waals surface area (Å²) in [5.74, 6) is 0.266. The predicted octanol–water partition coefficient (Wildman–Crippen LogP) is 1.53. The zero-order valence-electron chi connectivity index (χ0n) is 9.73. The second kappa shape index (κ2) is 5.27. The van der Waals surface area contributed by atoms with Gasteiger partial charge in [-0.3, -0.25) is 0 Å². The van der Waals surface area contributed by atoms with Crippen LogP contribution in [0.15, 0.2) is 16.3 Å². The molecule has 0 amide bonds. The Balaban J connectivity index is 2.86. The van der Waals surface area contributed by atoms with Crippen molar-refractivity contribution < 1.29 is 8.42 Å². The Hall–Kier alpha value is -0.430. The van der Waals surface area contributed by atoms with E-state index in [9.17, 15) is 8.42 Å². The fourth-order valence-corrected chi connectivity index (χ4v) is 3.60. The van der Waals surface area contributed by atoms with Crippen molar-refractivity contribution in [2.24, 2.45) is 11.7 Å². The highest BCUT2D eigenvalue weighted by Gasteiger charge is 2.20. The average molecular weight is 262 g/mol. The lowest BCUT2D eigenvalue weighted by Crippen LogP contribution is -2.35. The first-order valence-corrected chi connectivity index (χ1v) is 7.53.